The molecule has 8 aromatic carbocycles. The molecule has 0 saturated carbocycles. The summed E-state index contributed by atoms with van der Waals surface area (Å²) in [4.78, 5) is 20.0. The van der Waals surface area contributed by atoms with Crippen LogP contribution in [0.4, 0.5) is 0 Å². The predicted molar refractivity (Wildman–Crippen MR) is 238 cm³/mol. The van der Waals surface area contributed by atoms with E-state index < -0.39 is 0 Å². The van der Waals surface area contributed by atoms with Gasteiger partial charge in [0.1, 0.15) is 5.52 Å². The fourth-order valence-corrected chi connectivity index (χ4v) is 10.3. The van der Waals surface area contributed by atoms with Crippen molar-refractivity contribution in [3.8, 4) is 56.7 Å². The second-order valence-corrected chi connectivity index (χ2v) is 16.3. The van der Waals surface area contributed by atoms with Crippen LogP contribution in [0.15, 0.2) is 174 Å². The number of rotatable bonds is 5. The molecule has 0 aliphatic heterocycles. The Morgan fingerprint density at radius 2 is 0.877 bits per heavy atom. The minimum Gasteiger partial charge on any atom is -0.435 e. The molecule has 4 heterocycles. The summed E-state index contributed by atoms with van der Waals surface area (Å²) in [5, 5.41) is 7.29. The molecule has 0 saturated heterocycles. The summed E-state index contributed by atoms with van der Waals surface area (Å²) in [5.41, 5.74) is 7.63. The molecule has 0 radical (unpaired) electrons. The van der Waals surface area contributed by atoms with Gasteiger partial charge in [-0.2, -0.15) is 0 Å². The van der Waals surface area contributed by atoms with Gasteiger partial charge in [-0.15, -0.1) is 22.7 Å². The van der Waals surface area contributed by atoms with E-state index >= 15 is 0 Å². The van der Waals surface area contributed by atoms with E-state index in [0.29, 0.717) is 23.4 Å². The van der Waals surface area contributed by atoms with E-state index in [2.05, 4.69) is 109 Å². The topological polar surface area (TPSA) is 64.7 Å². The Morgan fingerprint density at radius 3 is 1.56 bits per heavy atom. The van der Waals surface area contributed by atoms with Crippen LogP contribution in [0.2, 0.25) is 0 Å². The van der Waals surface area contributed by atoms with Crippen LogP contribution in [0.5, 0.6) is 0 Å². The monoisotopic (exact) mass is 764 g/mol. The molecule has 0 spiro atoms. The Kier molecular flexibility index (Phi) is 7.20. The number of oxazole rings is 1. The van der Waals surface area contributed by atoms with E-state index in [0.717, 1.165) is 49.7 Å². The van der Waals surface area contributed by atoms with E-state index in [-0.39, 0.29) is 0 Å². The maximum atomic E-state index is 6.63. The molecule has 0 fully saturated rings. The van der Waals surface area contributed by atoms with Crippen LogP contribution in [0.3, 0.4) is 0 Å². The minimum absolute atomic E-state index is 0.577. The van der Waals surface area contributed by atoms with Gasteiger partial charge in [-0.1, -0.05) is 127 Å². The molecule has 0 unspecified atom stereocenters. The van der Waals surface area contributed by atoms with Crippen molar-refractivity contribution in [2.75, 3.05) is 0 Å². The van der Waals surface area contributed by atoms with Gasteiger partial charge in [0, 0.05) is 68.0 Å². The molecule has 57 heavy (non-hydrogen) atoms. The SMILES string of the molecule is c1ccc(-c2nc(-c3ccc(-c4nc5ccc6ccc7sc8ccccc8c7c6c5o4)cc3)nc(-c3ccc(-c4cccc5sc6ccccc6c45)cc3)n2)cc1. The Bertz CT molecular complexity index is 3510. The molecule has 266 valence electrons. The molecule has 0 amide bonds. The first-order valence-electron chi connectivity index (χ1n) is 18.8. The highest BCUT2D eigenvalue weighted by Crippen LogP contribution is 2.43. The Morgan fingerprint density at radius 1 is 0.351 bits per heavy atom. The van der Waals surface area contributed by atoms with E-state index in [1.54, 1.807) is 0 Å². The summed E-state index contributed by atoms with van der Waals surface area (Å²) in [6.07, 6.45) is 0. The third-order valence-electron chi connectivity index (χ3n) is 10.8. The van der Waals surface area contributed by atoms with Crippen LogP contribution in [-0.2, 0) is 0 Å². The molecule has 0 N–H and O–H groups in total. The maximum Gasteiger partial charge on any atom is 0.227 e. The van der Waals surface area contributed by atoms with Crippen molar-refractivity contribution in [3.63, 3.8) is 0 Å². The quantitative estimate of drug-likeness (QED) is 0.175. The highest BCUT2D eigenvalue weighted by atomic mass is 32.1. The van der Waals surface area contributed by atoms with Gasteiger partial charge in [0.25, 0.3) is 0 Å². The zero-order valence-corrected chi connectivity index (χ0v) is 31.8. The summed E-state index contributed by atoms with van der Waals surface area (Å²) in [6, 6.07) is 59.2. The lowest BCUT2D eigenvalue weighted by molar-refractivity contribution is 0.623. The molecule has 12 rings (SSSR count). The van der Waals surface area contributed by atoms with Gasteiger partial charge in [0.05, 0.1) is 0 Å². The average molecular weight is 765 g/mol. The first kappa shape index (κ1) is 32.2. The van der Waals surface area contributed by atoms with Crippen LogP contribution in [-0.4, -0.2) is 19.9 Å². The van der Waals surface area contributed by atoms with Gasteiger partial charge in [0.15, 0.2) is 23.1 Å². The van der Waals surface area contributed by atoms with E-state index in [1.165, 1.54) is 45.9 Å². The molecule has 12 aromatic rings. The second kappa shape index (κ2) is 12.7. The number of hydrogen-bond acceptors (Lipinski definition) is 7. The smallest absolute Gasteiger partial charge is 0.227 e. The molecular formula is C50H28N4OS2. The maximum absolute atomic E-state index is 6.63. The molecule has 4 aromatic heterocycles. The molecule has 0 aliphatic rings. The summed E-state index contributed by atoms with van der Waals surface area (Å²) >= 11 is 3.64. The number of aromatic nitrogens is 4. The van der Waals surface area contributed by atoms with Crippen molar-refractivity contribution in [3.05, 3.63) is 170 Å². The number of hydrogen-bond donors (Lipinski definition) is 0. The summed E-state index contributed by atoms with van der Waals surface area (Å²) in [5.74, 6) is 2.41. The number of fused-ring (bicyclic) bond motifs is 10. The van der Waals surface area contributed by atoms with Gasteiger partial charge in [0.2, 0.25) is 5.89 Å². The third-order valence-corrected chi connectivity index (χ3v) is 13.1. The fraction of sp³-hybridized carbons (Fsp3) is 0. The van der Waals surface area contributed by atoms with Crippen molar-refractivity contribution in [1.82, 2.24) is 19.9 Å². The molecule has 0 bridgehead atoms. The fourth-order valence-electron chi connectivity index (χ4n) is 8.06. The van der Waals surface area contributed by atoms with Gasteiger partial charge < -0.3 is 4.42 Å². The molecular weight excluding hydrogens is 737 g/mol. The summed E-state index contributed by atoms with van der Waals surface area (Å²) < 4.78 is 11.7. The Hall–Kier alpha value is -7.06. The Balaban J connectivity index is 0.930. The lowest BCUT2D eigenvalue weighted by Gasteiger charge is -2.10. The van der Waals surface area contributed by atoms with Crippen LogP contribution >= 0.6 is 22.7 Å². The Labute approximate surface area is 334 Å². The average Bonchev–Trinajstić information content (AvgIpc) is 4.00. The van der Waals surface area contributed by atoms with Crippen molar-refractivity contribution in [2.45, 2.75) is 0 Å². The first-order valence-corrected chi connectivity index (χ1v) is 20.4. The zero-order chi connectivity index (χ0) is 37.5. The van der Waals surface area contributed by atoms with Crippen LogP contribution in [0, 0.1) is 0 Å². The summed E-state index contributed by atoms with van der Waals surface area (Å²) in [6.45, 7) is 0. The van der Waals surface area contributed by atoms with E-state index in [4.69, 9.17) is 24.4 Å². The van der Waals surface area contributed by atoms with Gasteiger partial charge >= 0.3 is 0 Å². The van der Waals surface area contributed by atoms with Crippen LogP contribution < -0.4 is 0 Å². The van der Waals surface area contributed by atoms with Crippen molar-refractivity contribution in [1.29, 1.82) is 0 Å². The van der Waals surface area contributed by atoms with E-state index in [1.807, 2.05) is 83.3 Å². The van der Waals surface area contributed by atoms with Gasteiger partial charge in [-0.05, 0) is 59.0 Å². The molecule has 5 nitrogen and oxygen atoms in total. The van der Waals surface area contributed by atoms with Gasteiger partial charge in [-0.25, -0.2) is 19.9 Å². The van der Waals surface area contributed by atoms with Gasteiger partial charge in [-0.3, -0.25) is 0 Å². The van der Waals surface area contributed by atoms with Crippen molar-refractivity contribution in [2.24, 2.45) is 0 Å². The standard InChI is InChI=1S/C50H28N4OS2/c1-2-9-31(10-3-1)47-52-48(32-19-17-29(18-20-32)35-13-8-16-41-44(35)36-11-4-6-14-39(36)56-41)54-49(53-47)33-21-23-34(24-22-33)50-51-38-27-25-30-26-28-42-45(43(30)46(38)55-50)37-12-5-7-15-40(37)57-42/h1-28H. The molecule has 7 heteroatoms. The zero-order valence-electron chi connectivity index (χ0n) is 30.2. The normalized spacial score (nSPS) is 11.9. The van der Waals surface area contributed by atoms with Crippen molar-refractivity contribution < 1.29 is 4.42 Å². The van der Waals surface area contributed by atoms with Crippen molar-refractivity contribution >= 4 is 84.9 Å². The largest absolute Gasteiger partial charge is 0.435 e. The summed E-state index contributed by atoms with van der Waals surface area (Å²) in [7, 11) is 0. The highest BCUT2D eigenvalue weighted by Gasteiger charge is 2.18. The third kappa shape index (κ3) is 5.28. The highest BCUT2D eigenvalue weighted by molar-refractivity contribution is 7.26. The van der Waals surface area contributed by atoms with Crippen LogP contribution in [0.1, 0.15) is 0 Å². The molecule has 0 atom stereocenters. The van der Waals surface area contributed by atoms with Crippen LogP contribution in [0.25, 0.3) is 119 Å². The first-order chi connectivity index (χ1) is 28.2. The van der Waals surface area contributed by atoms with E-state index in [9.17, 15) is 0 Å². The predicted octanol–water partition coefficient (Wildman–Crippen LogP) is 14.2. The number of benzene rings is 8. The lowest BCUT2D eigenvalue weighted by atomic mass is 9.98. The number of nitrogens with zero attached hydrogens (tertiary/aromatic N) is 4. The second-order valence-electron chi connectivity index (χ2n) is 14.2. The minimum atomic E-state index is 0.577. The number of thiophene rings is 2. The lowest BCUT2D eigenvalue weighted by Crippen LogP contribution is -2.00. The molecule has 0 aliphatic carbocycles.